The van der Waals surface area contributed by atoms with Crippen molar-refractivity contribution in [3.8, 4) is 11.5 Å². The number of hydrogen-bond acceptors (Lipinski definition) is 4. The maximum atomic E-state index is 5.61. The second-order valence-corrected chi connectivity index (χ2v) is 4.57. The van der Waals surface area contributed by atoms with Gasteiger partial charge in [0, 0.05) is 12.1 Å². The zero-order valence-electron chi connectivity index (χ0n) is 9.74. The first kappa shape index (κ1) is 11.2. The Labute approximate surface area is 99.0 Å². The molecule has 1 aromatic carbocycles. The van der Waals surface area contributed by atoms with Crippen LogP contribution in [0.2, 0.25) is 0 Å². The molecule has 1 heterocycles. The molecule has 0 aliphatic heterocycles. The van der Waals surface area contributed by atoms with Crippen molar-refractivity contribution in [2.45, 2.75) is 20.8 Å². The van der Waals surface area contributed by atoms with E-state index in [9.17, 15) is 0 Å². The number of benzene rings is 1. The van der Waals surface area contributed by atoms with Crippen molar-refractivity contribution in [3.63, 3.8) is 0 Å². The van der Waals surface area contributed by atoms with Crippen LogP contribution in [0.4, 0.5) is 0 Å². The third-order valence-corrected chi connectivity index (χ3v) is 3.15. The predicted octanol–water partition coefficient (Wildman–Crippen LogP) is 3.40. The van der Waals surface area contributed by atoms with Gasteiger partial charge in [-0.05, 0) is 20.8 Å². The minimum atomic E-state index is 0.653. The van der Waals surface area contributed by atoms with Gasteiger partial charge in [-0.1, -0.05) is 0 Å². The molecule has 0 unspecified atom stereocenters. The molecule has 0 spiro atoms. The number of thiazole rings is 1. The molecule has 0 aliphatic rings. The summed E-state index contributed by atoms with van der Waals surface area (Å²) in [4.78, 5) is 4.46. The van der Waals surface area contributed by atoms with Gasteiger partial charge in [-0.25, -0.2) is 4.98 Å². The molecular formula is C12H15NO2S. The molecule has 1 aromatic heterocycles. The third kappa shape index (κ3) is 2.11. The Morgan fingerprint density at radius 3 is 2.62 bits per heavy atom. The zero-order chi connectivity index (χ0) is 11.5. The van der Waals surface area contributed by atoms with Crippen molar-refractivity contribution < 1.29 is 9.47 Å². The van der Waals surface area contributed by atoms with Gasteiger partial charge in [0.25, 0.3) is 0 Å². The van der Waals surface area contributed by atoms with Crippen LogP contribution in [0.25, 0.3) is 10.2 Å². The van der Waals surface area contributed by atoms with E-state index in [0.717, 1.165) is 26.7 Å². The van der Waals surface area contributed by atoms with E-state index in [1.54, 1.807) is 11.3 Å². The van der Waals surface area contributed by atoms with Crippen molar-refractivity contribution in [1.29, 1.82) is 0 Å². The highest BCUT2D eigenvalue weighted by atomic mass is 32.1. The topological polar surface area (TPSA) is 31.4 Å². The number of aryl methyl sites for hydroxylation is 1. The number of rotatable bonds is 4. The van der Waals surface area contributed by atoms with Gasteiger partial charge in [0.15, 0.2) is 0 Å². The molecule has 2 aromatic rings. The first-order chi connectivity index (χ1) is 7.74. The Balaban J connectivity index is 2.53. The molecule has 0 bridgehead atoms. The number of aromatic nitrogens is 1. The van der Waals surface area contributed by atoms with E-state index in [4.69, 9.17) is 9.47 Å². The van der Waals surface area contributed by atoms with E-state index in [0.29, 0.717) is 13.2 Å². The summed E-state index contributed by atoms with van der Waals surface area (Å²) in [5.41, 5.74) is 0.955. The molecule has 0 atom stereocenters. The predicted molar refractivity (Wildman–Crippen MR) is 66.7 cm³/mol. The van der Waals surface area contributed by atoms with Crippen LogP contribution in [0.1, 0.15) is 18.9 Å². The van der Waals surface area contributed by atoms with Gasteiger partial charge in [-0.3, -0.25) is 0 Å². The fraction of sp³-hybridized carbons (Fsp3) is 0.417. The summed E-state index contributed by atoms with van der Waals surface area (Å²) < 4.78 is 12.2. The van der Waals surface area contributed by atoms with Gasteiger partial charge in [0.1, 0.15) is 11.5 Å². The van der Waals surface area contributed by atoms with Crippen LogP contribution in [0.5, 0.6) is 11.5 Å². The van der Waals surface area contributed by atoms with Gasteiger partial charge in [0.2, 0.25) is 0 Å². The quantitative estimate of drug-likeness (QED) is 0.816. The fourth-order valence-electron chi connectivity index (χ4n) is 1.60. The van der Waals surface area contributed by atoms with E-state index in [2.05, 4.69) is 4.98 Å². The molecule has 0 amide bonds. The number of nitrogens with zero attached hydrogens (tertiary/aromatic N) is 1. The van der Waals surface area contributed by atoms with Crippen LogP contribution in [-0.4, -0.2) is 18.2 Å². The summed E-state index contributed by atoms with van der Waals surface area (Å²) >= 11 is 1.65. The number of ether oxygens (including phenoxy) is 2. The maximum Gasteiger partial charge on any atom is 0.142 e. The summed E-state index contributed by atoms with van der Waals surface area (Å²) in [5, 5.41) is 1.05. The Morgan fingerprint density at radius 2 is 1.94 bits per heavy atom. The maximum absolute atomic E-state index is 5.61. The van der Waals surface area contributed by atoms with Crippen molar-refractivity contribution in [2.75, 3.05) is 13.2 Å². The fourth-order valence-corrected chi connectivity index (χ4v) is 2.47. The first-order valence-electron chi connectivity index (χ1n) is 5.41. The molecule has 16 heavy (non-hydrogen) atoms. The number of fused-ring (bicyclic) bond motifs is 1. The lowest BCUT2D eigenvalue weighted by atomic mass is 10.3. The first-order valence-corrected chi connectivity index (χ1v) is 6.23. The Hall–Kier alpha value is -1.29. The molecule has 86 valence electrons. The third-order valence-electron chi connectivity index (χ3n) is 2.15. The molecule has 0 radical (unpaired) electrons. The normalized spacial score (nSPS) is 10.7. The van der Waals surface area contributed by atoms with E-state index in [-0.39, 0.29) is 0 Å². The molecular weight excluding hydrogens is 222 g/mol. The molecule has 0 aliphatic carbocycles. The lowest BCUT2D eigenvalue weighted by Crippen LogP contribution is -1.95. The van der Waals surface area contributed by atoms with Crippen LogP contribution in [-0.2, 0) is 0 Å². The van der Waals surface area contributed by atoms with Crippen molar-refractivity contribution in [2.24, 2.45) is 0 Å². The van der Waals surface area contributed by atoms with Gasteiger partial charge in [0.05, 0.1) is 28.4 Å². The molecule has 0 saturated carbocycles. The Morgan fingerprint density at radius 1 is 1.19 bits per heavy atom. The molecule has 0 saturated heterocycles. The standard InChI is InChI=1S/C12H15NO2S/c1-4-14-9-6-10-12(16-8(3)13-10)11(7-9)15-5-2/h6-7H,4-5H2,1-3H3. The molecule has 2 rings (SSSR count). The molecule has 3 nitrogen and oxygen atoms in total. The summed E-state index contributed by atoms with van der Waals surface area (Å²) in [6, 6.07) is 3.90. The molecule has 0 N–H and O–H groups in total. The lowest BCUT2D eigenvalue weighted by Gasteiger charge is -2.07. The highest BCUT2D eigenvalue weighted by molar-refractivity contribution is 7.18. The van der Waals surface area contributed by atoms with Crippen LogP contribution in [0, 0.1) is 6.92 Å². The van der Waals surface area contributed by atoms with E-state index in [1.807, 2.05) is 32.9 Å². The monoisotopic (exact) mass is 237 g/mol. The summed E-state index contributed by atoms with van der Waals surface area (Å²) in [6.07, 6.45) is 0. The van der Waals surface area contributed by atoms with Gasteiger partial charge < -0.3 is 9.47 Å². The van der Waals surface area contributed by atoms with Crippen LogP contribution in [0.3, 0.4) is 0 Å². The van der Waals surface area contributed by atoms with E-state index in [1.165, 1.54) is 0 Å². The lowest BCUT2D eigenvalue weighted by molar-refractivity contribution is 0.326. The second kappa shape index (κ2) is 4.70. The summed E-state index contributed by atoms with van der Waals surface area (Å²) in [5.74, 6) is 1.69. The number of hydrogen-bond donors (Lipinski definition) is 0. The largest absolute Gasteiger partial charge is 0.494 e. The van der Waals surface area contributed by atoms with Crippen LogP contribution in [0.15, 0.2) is 12.1 Å². The van der Waals surface area contributed by atoms with Crippen molar-refractivity contribution in [1.82, 2.24) is 4.98 Å². The molecule has 4 heteroatoms. The zero-order valence-corrected chi connectivity index (χ0v) is 10.6. The van der Waals surface area contributed by atoms with E-state index < -0.39 is 0 Å². The highest BCUT2D eigenvalue weighted by Gasteiger charge is 2.10. The highest BCUT2D eigenvalue weighted by Crippen LogP contribution is 2.35. The smallest absolute Gasteiger partial charge is 0.142 e. The van der Waals surface area contributed by atoms with E-state index >= 15 is 0 Å². The SMILES string of the molecule is CCOc1cc(OCC)c2sc(C)nc2c1. The minimum absolute atomic E-state index is 0.653. The second-order valence-electron chi connectivity index (χ2n) is 3.37. The molecule has 0 fully saturated rings. The average molecular weight is 237 g/mol. The van der Waals surface area contributed by atoms with Crippen LogP contribution < -0.4 is 9.47 Å². The summed E-state index contributed by atoms with van der Waals surface area (Å²) in [6.45, 7) is 7.26. The minimum Gasteiger partial charge on any atom is -0.494 e. The Kier molecular flexibility index (Phi) is 3.29. The van der Waals surface area contributed by atoms with Gasteiger partial charge in [-0.15, -0.1) is 11.3 Å². The summed E-state index contributed by atoms with van der Waals surface area (Å²) in [7, 11) is 0. The average Bonchev–Trinajstić information content (AvgIpc) is 2.60. The van der Waals surface area contributed by atoms with Gasteiger partial charge in [-0.2, -0.15) is 0 Å². The van der Waals surface area contributed by atoms with Gasteiger partial charge >= 0.3 is 0 Å². The van der Waals surface area contributed by atoms with Crippen molar-refractivity contribution >= 4 is 21.6 Å². The Bertz CT molecular complexity index is 493. The van der Waals surface area contributed by atoms with Crippen molar-refractivity contribution in [3.05, 3.63) is 17.1 Å². The van der Waals surface area contributed by atoms with Crippen LogP contribution >= 0.6 is 11.3 Å².